The molecule has 6 heteroatoms. The third-order valence-corrected chi connectivity index (χ3v) is 3.95. The fraction of sp³-hybridized carbons (Fsp3) is 0.714. The standard InChI is InChI=1S/C14H24N4O2/c1-4-17-7-8-18(13(19)9-11(2)20-3)10-12(17)14-15-5-6-16-14/h5-6,11-12H,4,7-10H2,1-3H3,(H,15,16)/t11-,12+/m1/s1. The number of piperazine rings is 1. The van der Waals surface area contributed by atoms with Crippen LogP contribution in [0.3, 0.4) is 0 Å². The number of nitrogens with one attached hydrogen (secondary N) is 1. The van der Waals surface area contributed by atoms with Crippen LogP contribution in [0, 0.1) is 0 Å². The molecule has 1 fully saturated rings. The van der Waals surface area contributed by atoms with Gasteiger partial charge in [-0.25, -0.2) is 4.98 Å². The largest absolute Gasteiger partial charge is 0.381 e. The van der Waals surface area contributed by atoms with E-state index in [0.29, 0.717) is 13.0 Å². The average molecular weight is 280 g/mol. The quantitative estimate of drug-likeness (QED) is 0.875. The smallest absolute Gasteiger partial charge is 0.225 e. The molecule has 2 heterocycles. The Morgan fingerprint density at radius 3 is 3.00 bits per heavy atom. The van der Waals surface area contributed by atoms with Crippen LogP contribution in [-0.4, -0.2) is 65.1 Å². The van der Waals surface area contributed by atoms with E-state index in [-0.39, 0.29) is 18.1 Å². The minimum atomic E-state index is -0.0335. The van der Waals surface area contributed by atoms with Crippen LogP contribution in [-0.2, 0) is 9.53 Å². The van der Waals surface area contributed by atoms with Crippen molar-refractivity contribution in [1.29, 1.82) is 0 Å². The number of aromatic nitrogens is 2. The topological polar surface area (TPSA) is 61.5 Å². The van der Waals surface area contributed by atoms with Crippen molar-refractivity contribution in [2.24, 2.45) is 0 Å². The molecule has 0 aromatic carbocycles. The van der Waals surface area contributed by atoms with Crippen molar-refractivity contribution in [1.82, 2.24) is 19.8 Å². The zero-order valence-corrected chi connectivity index (χ0v) is 12.5. The van der Waals surface area contributed by atoms with Gasteiger partial charge in [-0.3, -0.25) is 9.69 Å². The fourth-order valence-corrected chi connectivity index (χ4v) is 2.60. The Kier molecular flexibility index (Phi) is 5.14. The summed E-state index contributed by atoms with van der Waals surface area (Å²) in [5.41, 5.74) is 0. The number of aromatic amines is 1. The van der Waals surface area contributed by atoms with Crippen molar-refractivity contribution >= 4 is 5.91 Å². The molecule has 0 saturated carbocycles. The van der Waals surface area contributed by atoms with Crippen molar-refractivity contribution in [2.45, 2.75) is 32.4 Å². The Bertz CT molecular complexity index is 421. The second-order valence-corrected chi connectivity index (χ2v) is 5.21. The van der Waals surface area contributed by atoms with Crippen molar-refractivity contribution in [2.75, 3.05) is 33.3 Å². The number of carbonyl (C=O) groups is 1. The van der Waals surface area contributed by atoms with Gasteiger partial charge in [-0.05, 0) is 13.5 Å². The number of likely N-dealkylation sites (N-methyl/N-ethyl adjacent to an activating group) is 1. The molecule has 20 heavy (non-hydrogen) atoms. The first-order valence-electron chi connectivity index (χ1n) is 7.19. The zero-order chi connectivity index (χ0) is 14.5. The number of amides is 1. The highest BCUT2D eigenvalue weighted by Gasteiger charge is 2.31. The molecule has 1 amide bonds. The second kappa shape index (κ2) is 6.85. The number of nitrogens with zero attached hydrogens (tertiary/aromatic N) is 3. The number of H-pyrrole nitrogens is 1. The molecule has 1 saturated heterocycles. The average Bonchev–Trinajstić information content (AvgIpc) is 3.00. The van der Waals surface area contributed by atoms with Gasteiger partial charge in [0.1, 0.15) is 5.82 Å². The third kappa shape index (κ3) is 3.37. The summed E-state index contributed by atoms with van der Waals surface area (Å²) in [5, 5.41) is 0. The Morgan fingerprint density at radius 1 is 1.60 bits per heavy atom. The van der Waals surface area contributed by atoms with E-state index in [1.54, 1.807) is 13.3 Å². The molecule has 1 aromatic heterocycles. The molecule has 1 aliphatic rings. The van der Waals surface area contributed by atoms with E-state index >= 15 is 0 Å². The summed E-state index contributed by atoms with van der Waals surface area (Å²) in [5.74, 6) is 1.09. The molecule has 0 radical (unpaired) electrons. The Morgan fingerprint density at radius 2 is 2.40 bits per heavy atom. The number of rotatable bonds is 5. The zero-order valence-electron chi connectivity index (χ0n) is 12.5. The molecule has 1 N–H and O–H groups in total. The van der Waals surface area contributed by atoms with Crippen LogP contribution >= 0.6 is 0 Å². The summed E-state index contributed by atoms with van der Waals surface area (Å²) in [7, 11) is 1.64. The monoisotopic (exact) mass is 280 g/mol. The third-order valence-electron chi connectivity index (χ3n) is 3.95. The van der Waals surface area contributed by atoms with Crippen LogP contribution in [0.15, 0.2) is 12.4 Å². The summed E-state index contributed by atoms with van der Waals surface area (Å²) >= 11 is 0. The maximum absolute atomic E-state index is 12.3. The van der Waals surface area contributed by atoms with E-state index in [1.807, 2.05) is 18.0 Å². The second-order valence-electron chi connectivity index (χ2n) is 5.21. The molecular formula is C14H24N4O2. The number of hydrogen-bond acceptors (Lipinski definition) is 4. The molecule has 1 aromatic rings. The maximum atomic E-state index is 12.3. The first kappa shape index (κ1) is 15.0. The first-order chi connectivity index (χ1) is 9.65. The Balaban J connectivity index is 2.02. The number of ether oxygens (including phenoxy) is 1. The van der Waals surface area contributed by atoms with E-state index in [4.69, 9.17) is 4.74 Å². The number of hydrogen-bond donors (Lipinski definition) is 1. The molecule has 2 rings (SSSR count). The predicted molar refractivity (Wildman–Crippen MR) is 76.2 cm³/mol. The SMILES string of the molecule is CCN1CCN(C(=O)C[C@@H](C)OC)C[C@H]1c1ncc[nH]1. The Labute approximate surface area is 120 Å². The van der Waals surface area contributed by atoms with E-state index in [2.05, 4.69) is 21.8 Å². The molecule has 1 aliphatic heterocycles. The van der Waals surface area contributed by atoms with Crippen LogP contribution < -0.4 is 0 Å². The van der Waals surface area contributed by atoms with Crippen LogP contribution in [0.5, 0.6) is 0 Å². The number of carbonyl (C=O) groups excluding carboxylic acids is 1. The summed E-state index contributed by atoms with van der Waals surface area (Å²) < 4.78 is 5.18. The van der Waals surface area contributed by atoms with E-state index in [1.165, 1.54) is 0 Å². The normalized spacial score (nSPS) is 21.9. The van der Waals surface area contributed by atoms with Gasteiger partial charge in [-0.1, -0.05) is 6.92 Å². The lowest BCUT2D eigenvalue weighted by Crippen LogP contribution is -2.51. The summed E-state index contributed by atoms with van der Waals surface area (Å²) in [6, 6.07) is 0.158. The van der Waals surface area contributed by atoms with Gasteiger partial charge in [0, 0.05) is 39.1 Å². The van der Waals surface area contributed by atoms with Crippen LogP contribution in [0.2, 0.25) is 0 Å². The lowest BCUT2D eigenvalue weighted by molar-refractivity contribution is -0.136. The molecular weight excluding hydrogens is 256 g/mol. The maximum Gasteiger partial charge on any atom is 0.225 e. The van der Waals surface area contributed by atoms with E-state index in [0.717, 1.165) is 25.5 Å². The van der Waals surface area contributed by atoms with Gasteiger partial charge < -0.3 is 14.6 Å². The van der Waals surface area contributed by atoms with Crippen molar-refractivity contribution in [3.05, 3.63) is 18.2 Å². The van der Waals surface area contributed by atoms with Crippen molar-refractivity contribution < 1.29 is 9.53 Å². The van der Waals surface area contributed by atoms with Gasteiger partial charge in [-0.2, -0.15) is 0 Å². The number of methoxy groups -OCH3 is 1. The highest BCUT2D eigenvalue weighted by atomic mass is 16.5. The Hall–Kier alpha value is -1.40. The summed E-state index contributed by atoms with van der Waals surface area (Å²) in [6.45, 7) is 7.37. The minimum Gasteiger partial charge on any atom is -0.381 e. The highest BCUT2D eigenvalue weighted by Crippen LogP contribution is 2.23. The molecule has 0 aliphatic carbocycles. The predicted octanol–water partition coefficient (Wildman–Crippen LogP) is 1.04. The van der Waals surface area contributed by atoms with E-state index in [9.17, 15) is 4.79 Å². The minimum absolute atomic E-state index is 0.0335. The first-order valence-corrected chi connectivity index (χ1v) is 7.19. The molecule has 0 spiro atoms. The lowest BCUT2D eigenvalue weighted by Gasteiger charge is -2.40. The van der Waals surface area contributed by atoms with Gasteiger partial charge in [0.25, 0.3) is 0 Å². The fourth-order valence-electron chi connectivity index (χ4n) is 2.60. The summed E-state index contributed by atoms with van der Waals surface area (Å²) in [4.78, 5) is 24.1. The molecule has 0 bridgehead atoms. The van der Waals surface area contributed by atoms with Gasteiger partial charge in [0.05, 0.1) is 18.6 Å². The van der Waals surface area contributed by atoms with Gasteiger partial charge in [-0.15, -0.1) is 0 Å². The molecule has 112 valence electrons. The van der Waals surface area contributed by atoms with Gasteiger partial charge >= 0.3 is 0 Å². The highest BCUT2D eigenvalue weighted by molar-refractivity contribution is 5.76. The van der Waals surface area contributed by atoms with Crippen LogP contribution in [0.25, 0.3) is 0 Å². The molecule has 2 atom stereocenters. The van der Waals surface area contributed by atoms with Gasteiger partial charge in [0.15, 0.2) is 0 Å². The molecule has 6 nitrogen and oxygen atoms in total. The van der Waals surface area contributed by atoms with Crippen molar-refractivity contribution in [3.8, 4) is 0 Å². The van der Waals surface area contributed by atoms with E-state index < -0.39 is 0 Å². The lowest BCUT2D eigenvalue weighted by atomic mass is 10.1. The van der Waals surface area contributed by atoms with Crippen LogP contribution in [0.4, 0.5) is 0 Å². The van der Waals surface area contributed by atoms with Crippen LogP contribution in [0.1, 0.15) is 32.1 Å². The molecule has 0 unspecified atom stereocenters. The van der Waals surface area contributed by atoms with Gasteiger partial charge in [0.2, 0.25) is 5.91 Å². The van der Waals surface area contributed by atoms with Crippen molar-refractivity contribution in [3.63, 3.8) is 0 Å². The summed E-state index contributed by atoms with van der Waals surface area (Å²) in [6.07, 6.45) is 4.00. The number of imidazole rings is 1.